The minimum absolute atomic E-state index is 0.0659. The fourth-order valence-corrected chi connectivity index (χ4v) is 2.15. The van der Waals surface area contributed by atoms with Gasteiger partial charge in [-0.1, -0.05) is 12.1 Å². The Balaban J connectivity index is 2.03. The van der Waals surface area contributed by atoms with Gasteiger partial charge >= 0.3 is 0 Å². The quantitative estimate of drug-likeness (QED) is 0.892. The van der Waals surface area contributed by atoms with E-state index < -0.39 is 11.6 Å². The van der Waals surface area contributed by atoms with Crippen LogP contribution in [0.15, 0.2) is 36.4 Å². The Morgan fingerprint density at radius 2 is 1.91 bits per heavy atom. The molecule has 118 valence electrons. The molecule has 0 unspecified atom stereocenters. The molecule has 0 fully saturated rings. The average molecular weight is 315 g/mol. The highest BCUT2D eigenvalue weighted by molar-refractivity contribution is 5.94. The summed E-state index contributed by atoms with van der Waals surface area (Å²) in [5.74, 6) is -1.80. The van der Waals surface area contributed by atoms with Crippen molar-refractivity contribution in [3.63, 3.8) is 0 Å². The van der Waals surface area contributed by atoms with Gasteiger partial charge in [0.1, 0.15) is 5.69 Å². The number of anilines is 1. The number of amides is 1. The number of hydrogen-bond acceptors (Lipinski definition) is 3. The zero-order valence-corrected chi connectivity index (χ0v) is 12.5. The van der Waals surface area contributed by atoms with Crippen LogP contribution in [0, 0.1) is 23.0 Å². The van der Waals surface area contributed by atoms with Crippen molar-refractivity contribution in [2.45, 2.75) is 6.42 Å². The Bertz CT molecular complexity index is 746. The van der Waals surface area contributed by atoms with Crippen molar-refractivity contribution in [3.8, 4) is 6.07 Å². The summed E-state index contributed by atoms with van der Waals surface area (Å²) in [5.41, 5.74) is 1.07. The number of nitriles is 1. The third kappa shape index (κ3) is 4.04. The Kier molecular flexibility index (Phi) is 5.26. The van der Waals surface area contributed by atoms with Crippen LogP contribution in [0.1, 0.15) is 21.5 Å². The molecule has 0 aliphatic heterocycles. The Labute approximate surface area is 132 Å². The minimum Gasteiger partial charge on any atom is -0.380 e. The predicted octanol–water partition coefficient (Wildman–Crippen LogP) is 2.85. The molecule has 2 rings (SSSR count). The lowest BCUT2D eigenvalue weighted by Crippen LogP contribution is -2.18. The van der Waals surface area contributed by atoms with Gasteiger partial charge in [0.2, 0.25) is 0 Å². The second-order valence-electron chi connectivity index (χ2n) is 4.88. The molecule has 0 aliphatic rings. The number of halogens is 2. The number of carbonyl (C=O) groups is 1. The molecule has 2 aromatic carbocycles. The first-order valence-corrected chi connectivity index (χ1v) is 6.99. The number of nitrogens with one attached hydrogen (secondary N) is 2. The van der Waals surface area contributed by atoms with Crippen LogP contribution in [0.3, 0.4) is 0 Å². The molecule has 0 aromatic heterocycles. The summed E-state index contributed by atoms with van der Waals surface area (Å²) in [6, 6.07) is 10.7. The number of carbonyl (C=O) groups excluding carboxylic acids is 1. The van der Waals surface area contributed by atoms with Crippen LogP contribution in [-0.2, 0) is 6.42 Å². The van der Waals surface area contributed by atoms with Gasteiger partial charge in [0.05, 0.1) is 11.6 Å². The molecule has 6 heteroatoms. The summed E-state index contributed by atoms with van der Waals surface area (Å²) in [4.78, 5) is 11.6. The van der Waals surface area contributed by atoms with Crippen molar-refractivity contribution >= 4 is 11.6 Å². The van der Waals surface area contributed by atoms with Crippen molar-refractivity contribution in [2.75, 3.05) is 18.9 Å². The van der Waals surface area contributed by atoms with E-state index in [0.29, 0.717) is 12.0 Å². The molecule has 0 bridgehead atoms. The highest BCUT2D eigenvalue weighted by Crippen LogP contribution is 2.20. The van der Waals surface area contributed by atoms with Crippen LogP contribution in [0.2, 0.25) is 0 Å². The molecule has 2 aromatic rings. The number of benzene rings is 2. The minimum atomic E-state index is -0.805. The Hall–Kier alpha value is -2.94. The van der Waals surface area contributed by atoms with Crippen molar-refractivity contribution in [2.24, 2.45) is 0 Å². The van der Waals surface area contributed by atoms with Gasteiger partial charge in [0.15, 0.2) is 11.6 Å². The number of nitrogens with zero attached hydrogens (tertiary/aromatic N) is 1. The summed E-state index contributed by atoms with van der Waals surface area (Å²) in [7, 11) is 1.55. The van der Waals surface area contributed by atoms with Crippen molar-refractivity contribution < 1.29 is 13.6 Å². The fourth-order valence-electron chi connectivity index (χ4n) is 2.15. The first-order valence-electron chi connectivity index (χ1n) is 6.99. The summed E-state index contributed by atoms with van der Waals surface area (Å²) in [6.07, 6.45) is 0.490. The number of hydrogen-bond donors (Lipinski definition) is 2. The molecule has 0 saturated carbocycles. The molecule has 0 heterocycles. The predicted molar refractivity (Wildman–Crippen MR) is 83.1 cm³/mol. The molecule has 0 spiro atoms. The molecular weight excluding hydrogens is 300 g/mol. The molecule has 0 atom stereocenters. The van der Waals surface area contributed by atoms with E-state index in [-0.39, 0.29) is 23.7 Å². The van der Waals surface area contributed by atoms with Crippen LogP contribution in [0.4, 0.5) is 14.5 Å². The fraction of sp³-hybridized carbons (Fsp3) is 0.176. The molecular formula is C17H15F2N3O. The summed E-state index contributed by atoms with van der Waals surface area (Å²) in [5, 5.41) is 13.9. The normalized spacial score (nSPS) is 10.0. The lowest BCUT2D eigenvalue weighted by Gasteiger charge is -2.10. The van der Waals surface area contributed by atoms with Crippen molar-refractivity contribution in [3.05, 3.63) is 64.7 Å². The van der Waals surface area contributed by atoms with Crippen molar-refractivity contribution in [1.82, 2.24) is 5.32 Å². The van der Waals surface area contributed by atoms with Gasteiger partial charge in [-0.2, -0.15) is 5.26 Å². The smallest absolute Gasteiger partial charge is 0.251 e. The van der Waals surface area contributed by atoms with E-state index in [0.717, 1.165) is 17.7 Å². The Morgan fingerprint density at radius 1 is 1.22 bits per heavy atom. The summed E-state index contributed by atoms with van der Waals surface area (Å²) >= 11 is 0. The first kappa shape index (κ1) is 16.4. The van der Waals surface area contributed by atoms with Gasteiger partial charge < -0.3 is 10.6 Å². The van der Waals surface area contributed by atoms with E-state index in [1.54, 1.807) is 31.3 Å². The molecule has 4 nitrogen and oxygen atoms in total. The van der Waals surface area contributed by atoms with Crippen LogP contribution >= 0.6 is 0 Å². The van der Waals surface area contributed by atoms with Gasteiger partial charge in [0.25, 0.3) is 5.91 Å². The van der Waals surface area contributed by atoms with E-state index in [1.165, 1.54) is 0 Å². The topological polar surface area (TPSA) is 64.9 Å². The zero-order valence-electron chi connectivity index (χ0n) is 12.5. The van der Waals surface area contributed by atoms with E-state index in [9.17, 15) is 13.6 Å². The van der Waals surface area contributed by atoms with E-state index in [2.05, 4.69) is 10.6 Å². The maximum atomic E-state index is 13.7. The van der Waals surface area contributed by atoms with Crippen LogP contribution in [-0.4, -0.2) is 19.5 Å². The molecule has 1 amide bonds. The molecule has 0 radical (unpaired) electrons. The maximum absolute atomic E-state index is 13.7. The van der Waals surface area contributed by atoms with Gasteiger partial charge in [0, 0.05) is 19.2 Å². The number of rotatable bonds is 5. The van der Waals surface area contributed by atoms with Gasteiger partial charge in [-0.15, -0.1) is 0 Å². The lowest BCUT2D eigenvalue weighted by molar-refractivity contribution is 0.0963. The lowest BCUT2D eigenvalue weighted by atomic mass is 10.1. The summed E-state index contributed by atoms with van der Waals surface area (Å²) in [6.45, 7) is 0.289. The Morgan fingerprint density at radius 3 is 2.52 bits per heavy atom. The molecule has 0 aliphatic carbocycles. The second kappa shape index (κ2) is 7.36. The first-order chi connectivity index (χ1) is 11.0. The second-order valence-corrected chi connectivity index (χ2v) is 4.88. The van der Waals surface area contributed by atoms with Crippen LogP contribution in [0.25, 0.3) is 0 Å². The van der Waals surface area contributed by atoms with Gasteiger partial charge in [-0.05, 0) is 36.2 Å². The standard InChI is InChI=1S/C17H15F2N3O/c1-21-17(23)13-4-2-3-11(7-13)5-6-22-16-14(18)8-12(10-20)9-15(16)19/h2-4,7-9,22H,5-6H2,1H3,(H,21,23). The maximum Gasteiger partial charge on any atom is 0.251 e. The highest BCUT2D eigenvalue weighted by atomic mass is 19.1. The highest BCUT2D eigenvalue weighted by Gasteiger charge is 2.11. The van der Waals surface area contributed by atoms with E-state index >= 15 is 0 Å². The largest absolute Gasteiger partial charge is 0.380 e. The third-order valence-electron chi connectivity index (χ3n) is 3.30. The third-order valence-corrected chi connectivity index (χ3v) is 3.30. The van der Waals surface area contributed by atoms with Crippen molar-refractivity contribution in [1.29, 1.82) is 5.26 Å². The monoisotopic (exact) mass is 315 g/mol. The zero-order chi connectivity index (χ0) is 16.8. The molecule has 0 saturated heterocycles. The van der Waals surface area contributed by atoms with E-state index in [1.807, 2.05) is 6.07 Å². The SMILES string of the molecule is CNC(=O)c1cccc(CCNc2c(F)cc(C#N)cc2F)c1. The van der Waals surface area contributed by atoms with Crippen LogP contribution < -0.4 is 10.6 Å². The molecule has 2 N–H and O–H groups in total. The summed E-state index contributed by atoms with van der Waals surface area (Å²) < 4.78 is 27.5. The van der Waals surface area contributed by atoms with Gasteiger partial charge in [-0.3, -0.25) is 4.79 Å². The van der Waals surface area contributed by atoms with Crippen LogP contribution in [0.5, 0.6) is 0 Å². The van der Waals surface area contributed by atoms with E-state index in [4.69, 9.17) is 5.26 Å². The average Bonchev–Trinajstić information content (AvgIpc) is 2.56. The molecule has 23 heavy (non-hydrogen) atoms. The van der Waals surface area contributed by atoms with Gasteiger partial charge in [-0.25, -0.2) is 8.78 Å².